The van der Waals surface area contributed by atoms with Gasteiger partial charge in [-0.25, -0.2) is 4.98 Å². The number of benzene rings is 2. The van der Waals surface area contributed by atoms with Gasteiger partial charge in [-0.05, 0) is 63.2 Å². The summed E-state index contributed by atoms with van der Waals surface area (Å²) < 4.78 is 0.845. The predicted octanol–water partition coefficient (Wildman–Crippen LogP) is 4.94. The number of aryl methyl sites for hydroxylation is 1. The van der Waals surface area contributed by atoms with Gasteiger partial charge in [0.25, 0.3) is 5.91 Å². The number of halogens is 1. The van der Waals surface area contributed by atoms with Crippen LogP contribution < -0.4 is 16.0 Å². The van der Waals surface area contributed by atoms with Crippen LogP contribution in [-0.4, -0.2) is 30.9 Å². The van der Waals surface area contributed by atoms with Crippen LogP contribution >= 0.6 is 22.9 Å². The zero-order valence-electron chi connectivity index (χ0n) is 17.4. The number of fused-ring (bicyclic) bond motifs is 1. The molecule has 158 valence electrons. The number of amides is 2. The summed E-state index contributed by atoms with van der Waals surface area (Å²) in [5, 5.41) is 9.56. The Bertz CT molecular complexity index is 1060. The maximum atomic E-state index is 12.6. The van der Waals surface area contributed by atoms with Crippen LogP contribution in [0.2, 0.25) is 5.02 Å². The number of anilines is 2. The number of carbonyl (C=O) groups excluding carboxylic acids is 2. The molecule has 8 heteroatoms. The third-order valence-electron chi connectivity index (χ3n) is 4.79. The van der Waals surface area contributed by atoms with E-state index in [9.17, 15) is 9.59 Å². The largest absolute Gasteiger partial charge is 0.323 e. The molecule has 30 heavy (non-hydrogen) atoms. The first-order chi connectivity index (χ1) is 14.3. The van der Waals surface area contributed by atoms with Crippen molar-refractivity contribution in [3.8, 4) is 0 Å². The van der Waals surface area contributed by atoms with E-state index in [2.05, 4.69) is 27.9 Å². The fraction of sp³-hybridized carbons (Fsp3) is 0.318. The van der Waals surface area contributed by atoms with Crippen LogP contribution in [0.4, 0.5) is 10.8 Å². The molecule has 0 bridgehead atoms. The molecule has 1 fully saturated rings. The van der Waals surface area contributed by atoms with Gasteiger partial charge in [-0.3, -0.25) is 9.59 Å². The second kappa shape index (κ2) is 9.55. The molecule has 0 radical (unpaired) electrons. The van der Waals surface area contributed by atoms with Crippen LogP contribution in [-0.2, 0) is 4.79 Å². The van der Waals surface area contributed by atoms with E-state index in [1.54, 1.807) is 24.3 Å². The molecule has 3 aromatic rings. The number of hydrogen-bond donors (Lipinski definition) is 3. The topological polar surface area (TPSA) is 83.1 Å². The molecular formula is C22H25ClN4O2S. The van der Waals surface area contributed by atoms with Crippen molar-refractivity contribution in [3.63, 3.8) is 0 Å². The SMILES string of the molecule is CNC.Cc1cccc(Cl)c1NC(=O)c1ccc2nc(NC(=O)C3C[C@H]3C)sc2c1. The summed E-state index contributed by atoms with van der Waals surface area (Å²) >= 11 is 7.55. The van der Waals surface area contributed by atoms with Gasteiger partial charge in [-0.2, -0.15) is 0 Å². The van der Waals surface area contributed by atoms with Gasteiger partial charge < -0.3 is 16.0 Å². The highest BCUT2D eigenvalue weighted by molar-refractivity contribution is 7.22. The minimum absolute atomic E-state index is 0.0220. The number of hydrogen-bond acceptors (Lipinski definition) is 5. The van der Waals surface area contributed by atoms with Crippen LogP contribution in [0.3, 0.4) is 0 Å². The Morgan fingerprint density at radius 3 is 2.50 bits per heavy atom. The van der Waals surface area contributed by atoms with Crippen molar-refractivity contribution >= 4 is 55.8 Å². The highest BCUT2D eigenvalue weighted by Gasteiger charge is 2.39. The van der Waals surface area contributed by atoms with E-state index in [1.807, 2.05) is 33.2 Å². The van der Waals surface area contributed by atoms with E-state index in [4.69, 9.17) is 11.6 Å². The third-order valence-corrected chi connectivity index (χ3v) is 6.04. The van der Waals surface area contributed by atoms with E-state index in [0.717, 1.165) is 22.2 Å². The summed E-state index contributed by atoms with van der Waals surface area (Å²) in [5.74, 6) is 0.327. The van der Waals surface area contributed by atoms with Crippen molar-refractivity contribution in [1.29, 1.82) is 0 Å². The number of rotatable bonds is 4. The minimum Gasteiger partial charge on any atom is -0.323 e. The lowest BCUT2D eigenvalue weighted by Crippen LogP contribution is -2.14. The van der Waals surface area contributed by atoms with Crippen molar-refractivity contribution in [1.82, 2.24) is 10.3 Å². The lowest BCUT2D eigenvalue weighted by molar-refractivity contribution is -0.117. The normalized spacial score (nSPS) is 17.1. The van der Waals surface area contributed by atoms with Crippen molar-refractivity contribution in [2.24, 2.45) is 11.8 Å². The molecule has 2 amide bonds. The molecule has 1 aliphatic rings. The van der Waals surface area contributed by atoms with E-state index >= 15 is 0 Å². The summed E-state index contributed by atoms with van der Waals surface area (Å²) in [4.78, 5) is 29.1. The van der Waals surface area contributed by atoms with Gasteiger partial charge in [0, 0.05) is 11.5 Å². The van der Waals surface area contributed by atoms with Gasteiger partial charge in [0.15, 0.2) is 5.13 Å². The molecule has 1 aliphatic carbocycles. The maximum Gasteiger partial charge on any atom is 0.255 e. The Hall–Kier alpha value is -2.48. The molecule has 0 aliphatic heterocycles. The summed E-state index contributed by atoms with van der Waals surface area (Å²) in [5.41, 5.74) is 2.78. The highest BCUT2D eigenvalue weighted by Crippen LogP contribution is 2.39. The van der Waals surface area contributed by atoms with Crippen LogP contribution in [0.5, 0.6) is 0 Å². The standard InChI is InChI=1S/C20H18ClN3O2S.C2H7N/c1-10-4-3-5-14(21)17(10)23-18(25)12-6-7-15-16(9-12)27-20(22-15)24-19(26)13-8-11(13)2;1-3-2/h3-7,9,11,13H,8H2,1-2H3,(H,23,25)(H,22,24,26);3H,1-2H3/t11-,13?;/m1./s1. The van der Waals surface area contributed by atoms with E-state index < -0.39 is 0 Å². The second-order valence-electron chi connectivity index (χ2n) is 7.40. The van der Waals surface area contributed by atoms with Crippen LogP contribution in [0.1, 0.15) is 29.3 Å². The van der Waals surface area contributed by atoms with E-state index in [1.165, 1.54) is 11.3 Å². The first kappa shape index (κ1) is 22.2. The van der Waals surface area contributed by atoms with Crippen LogP contribution in [0, 0.1) is 18.8 Å². The molecule has 4 rings (SSSR count). The molecule has 1 aromatic heterocycles. The van der Waals surface area contributed by atoms with Gasteiger partial charge in [0.2, 0.25) is 5.91 Å². The smallest absolute Gasteiger partial charge is 0.255 e. The lowest BCUT2D eigenvalue weighted by Gasteiger charge is -2.10. The molecular weight excluding hydrogens is 420 g/mol. The van der Waals surface area contributed by atoms with Gasteiger partial charge in [0.1, 0.15) is 0 Å². The fourth-order valence-corrected chi connectivity index (χ4v) is 4.16. The molecule has 1 unspecified atom stereocenters. The van der Waals surface area contributed by atoms with Gasteiger partial charge >= 0.3 is 0 Å². The summed E-state index contributed by atoms with van der Waals surface area (Å²) in [6.07, 6.45) is 0.933. The fourth-order valence-electron chi connectivity index (χ4n) is 2.98. The zero-order chi connectivity index (χ0) is 21.8. The molecule has 0 spiro atoms. The Labute approximate surface area is 185 Å². The molecule has 0 saturated heterocycles. The zero-order valence-corrected chi connectivity index (χ0v) is 18.9. The Morgan fingerprint density at radius 2 is 1.87 bits per heavy atom. The maximum absolute atomic E-state index is 12.6. The molecule has 1 saturated carbocycles. The molecule has 3 N–H and O–H groups in total. The van der Waals surface area contributed by atoms with Crippen LogP contribution in [0.15, 0.2) is 36.4 Å². The van der Waals surface area contributed by atoms with Gasteiger partial charge in [-0.1, -0.05) is 42.0 Å². The Balaban J connectivity index is 0.000000806. The van der Waals surface area contributed by atoms with E-state index in [-0.39, 0.29) is 17.7 Å². The third kappa shape index (κ3) is 5.16. The monoisotopic (exact) mass is 444 g/mol. The van der Waals surface area contributed by atoms with Crippen molar-refractivity contribution in [2.75, 3.05) is 24.7 Å². The number of nitrogens with one attached hydrogen (secondary N) is 3. The number of thiazole rings is 1. The second-order valence-corrected chi connectivity index (χ2v) is 8.83. The summed E-state index contributed by atoms with van der Waals surface area (Å²) in [6.45, 7) is 3.96. The predicted molar refractivity (Wildman–Crippen MR) is 125 cm³/mol. The van der Waals surface area contributed by atoms with Crippen molar-refractivity contribution in [3.05, 3.63) is 52.5 Å². The Morgan fingerprint density at radius 1 is 1.17 bits per heavy atom. The molecule has 1 heterocycles. The van der Waals surface area contributed by atoms with Crippen molar-refractivity contribution < 1.29 is 9.59 Å². The van der Waals surface area contributed by atoms with Crippen molar-refractivity contribution in [2.45, 2.75) is 20.3 Å². The number of nitrogens with zero attached hydrogens (tertiary/aromatic N) is 1. The summed E-state index contributed by atoms with van der Waals surface area (Å²) in [7, 11) is 3.75. The average molecular weight is 445 g/mol. The van der Waals surface area contributed by atoms with Gasteiger partial charge in [0.05, 0.1) is 20.9 Å². The molecule has 2 atom stereocenters. The number of carbonyl (C=O) groups is 2. The van der Waals surface area contributed by atoms with Gasteiger partial charge in [-0.15, -0.1) is 0 Å². The summed E-state index contributed by atoms with van der Waals surface area (Å²) in [6, 6.07) is 10.8. The first-order valence-corrected chi connectivity index (χ1v) is 10.9. The Kier molecular flexibility index (Phi) is 7.07. The highest BCUT2D eigenvalue weighted by atomic mass is 35.5. The lowest BCUT2D eigenvalue weighted by atomic mass is 10.1. The van der Waals surface area contributed by atoms with Crippen LogP contribution in [0.25, 0.3) is 10.2 Å². The number of para-hydroxylation sites is 1. The number of aromatic nitrogens is 1. The quantitative estimate of drug-likeness (QED) is 0.532. The first-order valence-electron chi connectivity index (χ1n) is 9.70. The average Bonchev–Trinajstić information content (AvgIpc) is 3.30. The molecule has 2 aromatic carbocycles. The van der Waals surface area contributed by atoms with E-state index in [0.29, 0.717) is 27.3 Å². The minimum atomic E-state index is -0.237. The molecule has 6 nitrogen and oxygen atoms in total.